The van der Waals surface area contributed by atoms with Gasteiger partial charge in [0.25, 0.3) is 0 Å². The maximum absolute atomic E-state index is 2.18. The van der Waals surface area contributed by atoms with Crippen molar-refractivity contribution >= 4 is 0 Å². The van der Waals surface area contributed by atoms with E-state index in [1.54, 1.807) is 0 Å². The number of halogens is 2. The van der Waals surface area contributed by atoms with E-state index in [0.29, 0.717) is 0 Å². The van der Waals surface area contributed by atoms with Gasteiger partial charge in [0, 0.05) is 0 Å². The average Bonchev–Trinajstić information content (AvgIpc) is 2.87. The van der Waals surface area contributed by atoms with Crippen LogP contribution < -0.4 is 24.8 Å². The van der Waals surface area contributed by atoms with Crippen molar-refractivity contribution in [3.8, 4) is 0 Å². The molecular weight excluding hydrogens is 442 g/mol. The zero-order valence-corrected chi connectivity index (χ0v) is 17.2. The van der Waals surface area contributed by atoms with Crippen molar-refractivity contribution in [1.29, 1.82) is 0 Å². The third-order valence-corrected chi connectivity index (χ3v) is 3.06. The van der Waals surface area contributed by atoms with Gasteiger partial charge in [-0.25, -0.2) is 24.3 Å². The Hall–Kier alpha value is 0.150. The van der Waals surface area contributed by atoms with Crippen molar-refractivity contribution in [2.24, 2.45) is 0 Å². The predicted molar refractivity (Wildman–Crippen MR) is 72.3 cm³/mol. The maximum Gasteiger partial charge on any atom is 4.00 e. The normalized spacial score (nSPS) is 8.21. The van der Waals surface area contributed by atoms with Gasteiger partial charge in [-0.3, -0.25) is 0 Å². The third kappa shape index (κ3) is 8.12. The van der Waals surface area contributed by atoms with Crippen LogP contribution in [0.25, 0.3) is 0 Å². The second-order valence-electron chi connectivity index (χ2n) is 4.18. The van der Waals surface area contributed by atoms with E-state index >= 15 is 0 Å². The molecule has 2 aromatic rings. The molecule has 0 spiro atoms. The van der Waals surface area contributed by atoms with E-state index in [9.17, 15) is 0 Å². The molecule has 0 aliphatic heterocycles. The van der Waals surface area contributed by atoms with Crippen molar-refractivity contribution in [2.75, 3.05) is 0 Å². The fourth-order valence-electron chi connectivity index (χ4n) is 1.89. The van der Waals surface area contributed by atoms with E-state index in [-0.39, 0.29) is 50.7 Å². The molecule has 0 bridgehead atoms. The molecule has 2 aromatic carbocycles. The second-order valence-corrected chi connectivity index (χ2v) is 4.18. The molecule has 0 saturated carbocycles. The Bertz CT molecular complexity index is 376. The van der Waals surface area contributed by atoms with Gasteiger partial charge in [-0.1, -0.05) is 40.5 Å². The van der Waals surface area contributed by atoms with E-state index in [0.717, 1.165) is 0 Å². The molecule has 0 fully saturated rings. The van der Waals surface area contributed by atoms with Crippen LogP contribution in [0.15, 0.2) is 36.4 Å². The Morgan fingerprint density at radius 1 is 0.789 bits per heavy atom. The minimum Gasteiger partial charge on any atom is -1.00 e. The molecule has 2 rings (SSSR count). The molecule has 0 N–H and O–H groups in total. The Kier molecular flexibility index (Phi) is 16.7. The summed E-state index contributed by atoms with van der Waals surface area (Å²) in [6.07, 6.45) is 2.33. The first-order chi connectivity index (χ1) is 7.69. The summed E-state index contributed by atoms with van der Waals surface area (Å²) in [4.78, 5) is 0. The molecular formula is C16H22Cl2Hf. The van der Waals surface area contributed by atoms with Gasteiger partial charge in [0.1, 0.15) is 0 Å². The SMILES string of the molecule is CCc1ccc[c-]1C.CCc1ccc[c-]1C.[Cl-].[Cl-].[Hf+4]. The average molecular weight is 464 g/mol. The first kappa shape index (κ1) is 24.2. The molecule has 0 radical (unpaired) electrons. The quantitative estimate of drug-likeness (QED) is 0.378. The number of aryl methyl sites for hydroxylation is 4. The number of hydrogen-bond donors (Lipinski definition) is 0. The summed E-state index contributed by atoms with van der Waals surface area (Å²) in [5.41, 5.74) is 5.80. The Balaban J connectivity index is -0.000000233. The first-order valence-corrected chi connectivity index (χ1v) is 6.11. The molecule has 0 unspecified atom stereocenters. The van der Waals surface area contributed by atoms with E-state index < -0.39 is 0 Å². The summed E-state index contributed by atoms with van der Waals surface area (Å²) < 4.78 is 0. The molecule has 0 amide bonds. The van der Waals surface area contributed by atoms with E-state index in [2.05, 4.69) is 64.1 Å². The van der Waals surface area contributed by atoms with Crippen LogP contribution in [-0.4, -0.2) is 0 Å². The van der Waals surface area contributed by atoms with Gasteiger partial charge in [-0.05, 0) is 0 Å². The summed E-state index contributed by atoms with van der Waals surface area (Å²) in [6.45, 7) is 8.67. The fraction of sp³-hybridized carbons (Fsp3) is 0.375. The summed E-state index contributed by atoms with van der Waals surface area (Å²) in [5.74, 6) is 0. The zero-order chi connectivity index (χ0) is 12.0. The molecule has 0 saturated heterocycles. The minimum absolute atomic E-state index is 0. The van der Waals surface area contributed by atoms with E-state index in [1.165, 1.54) is 35.1 Å². The predicted octanol–water partition coefficient (Wildman–Crippen LogP) is -1.44. The number of hydrogen-bond acceptors (Lipinski definition) is 0. The molecule has 0 aliphatic rings. The molecule has 3 heteroatoms. The molecule has 0 nitrogen and oxygen atoms in total. The van der Waals surface area contributed by atoms with Crippen molar-refractivity contribution in [2.45, 2.75) is 40.5 Å². The standard InChI is InChI=1S/2C8H11.2ClH.Hf/c2*1-3-8-6-4-5-7(8)2;;;/h2*4-6H,3H2,1-2H3;2*1H;/q2*-1;;;+4/p-2. The Morgan fingerprint density at radius 3 is 1.21 bits per heavy atom. The molecule has 0 aliphatic carbocycles. The van der Waals surface area contributed by atoms with Crippen LogP contribution in [0, 0.1) is 13.8 Å². The van der Waals surface area contributed by atoms with Crippen LogP contribution in [-0.2, 0) is 38.7 Å². The van der Waals surface area contributed by atoms with Crippen LogP contribution in [0.5, 0.6) is 0 Å². The van der Waals surface area contributed by atoms with Gasteiger partial charge in [0.15, 0.2) is 0 Å². The van der Waals surface area contributed by atoms with Crippen molar-refractivity contribution in [3.63, 3.8) is 0 Å². The van der Waals surface area contributed by atoms with E-state index in [4.69, 9.17) is 0 Å². The smallest absolute Gasteiger partial charge is 1.00 e. The van der Waals surface area contributed by atoms with E-state index in [1.807, 2.05) is 0 Å². The second kappa shape index (κ2) is 13.1. The van der Waals surface area contributed by atoms with Gasteiger partial charge in [-0.2, -0.15) is 34.4 Å². The Labute approximate surface area is 149 Å². The molecule has 104 valence electrons. The van der Waals surface area contributed by atoms with Crippen molar-refractivity contribution in [1.82, 2.24) is 0 Å². The van der Waals surface area contributed by atoms with Gasteiger partial charge in [0.05, 0.1) is 0 Å². The monoisotopic (exact) mass is 464 g/mol. The largest absolute Gasteiger partial charge is 4.00 e. The van der Waals surface area contributed by atoms with Crippen molar-refractivity contribution < 1.29 is 50.7 Å². The fourth-order valence-corrected chi connectivity index (χ4v) is 1.89. The van der Waals surface area contributed by atoms with Gasteiger partial charge >= 0.3 is 25.8 Å². The minimum atomic E-state index is 0. The summed E-state index contributed by atoms with van der Waals surface area (Å²) in [5, 5.41) is 0. The third-order valence-electron chi connectivity index (χ3n) is 3.06. The van der Waals surface area contributed by atoms with Crippen LogP contribution in [0.2, 0.25) is 0 Å². The summed E-state index contributed by atoms with van der Waals surface area (Å²) >= 11 is 0. The maximum atomic E-state index is 2.18. The molecule has 0 atom stereocenters. The number of rotatable bonds is 2. The first-order valence-electron chi connectivity index (χ1n) is 6.11. The van der Waals surface area contributed by atoms with Gasteiger partial charge in [-0.15, -0.1) is 0 Å². The van der Waals surface area contributed by atoms with Gasteiger partial charge in [0.2, 0.25) is 0 Å². The Morgan fingerprint density at radius 2 is 1.11 bits per heavy atom. The van der Waals surface area contributed by atoms with Crippen LogP contribution in [0.3, 0.4) is 0 Å². The molecule has 19 heavy (non-hydrogen) atoms. The van der Waals surface area contributed by atoms with Crippen molar-refractivity contribution in [3.05, 3.63) is 58.7 Å². The van der Waals surface area contributed by atoms with Crippen LogP contribution >= 0.6 is 0 Å². The zero-order valence-electron chi connectivity index (χ0n) is 12.1. The summed E-state index contributed by atoms with van der Waals surface area (Å²) in [6, 6.07) is 12.9. The summed E-state index contributed by atoms with van der Waals surface area (Å²) in [7, 11) is 0. The topological polar surface area (TPSA) is 0 Å². The molecule has 0 aromatic heterocycles. The van der Waals surface area contributed by atoms with Crippen LogP contribution in [0.4, 0.5) is 0 Å². The van der Waals surface area contributed by atoms with Crippen LogP contribution in [0.1, 0.15) is 36.1 Å². The molecule has 0 heterocycles. The van der Waals surface area contributed by atoms with Gasteiger partial charge < -0.3 is 24.8 Å².